The second-order valence-electron chi connectivity index (χ2n) is 8.20. The minimum atomic E-state index is -0.436. The molecule has 6 heteroatoms. The standard InChI is InChI=1S/C17H29N3O3/c1-17(2,3)23-16(22)20-13-4-5-14(20)9-12(8-13)10-19-7-6-18-15(21)11-19/h12-14H,4-11H2,1-3H3,(H,18,21)/t13-,14-/m0/s1. The van der Waals surface area contributed by atoms with Crippen LogP contribution in [0.3, 0.4) is 0 Å². The Balaban J connectivity index is 1.56. The summed E-state index contributed by atoms with van der Waals surface area (Å²) in [5, 5.41) is 2.87. The van der Waals surface area contributed by atoms with E-state index in [1.807, 2.05) is 25.7 Å². The molecule has 3 rings (SSSR count). The van der Waals surface area contributed by atoms with Crippen LogP contribution in [-0.2, 0) is 9.53 Å². The lowest BCUT2D eigenvalue weighted by Crippen LogP contribution is -2.52. The number of carbonyl (C=O) groups is 2. The van der Waals surface area contributed by atoms with Gasteiger partial charge in [-0.3, -0.25) is 9.69 Å². The molecule has 0 aromatic heterocycles. The predicted molar refractivity (Wildman–Crippen MR) is 87.1 cm³/mol. The van der Waals surface area contributed by atoms with Gasteiger partial charge in [-0.05, 0) is 52.4 Å². The number of carbonyl (C=O) groups excluding carboxylic acids is 2. The molecule has 0 saturated carbocycles. The lowest BCUT2D eigenvalue weighted by molar-refractivity contribution is -0.124. The van der Waals surface area contributed by atoms with Crippen molar-refractivity contribution in [2.24, 2.45) is 5.92 Å². The summed E-state index contributed by atoms with van der Waals surface area (Å²) in [6.45, 7) is 8.93. The zero-order valence-corrected chi connectivity index (χ0v) is 14.5. The Morgan fingerprint density at radius 2 is 1.91 bits per heavy atom. The molecular formula is C17H29N3O3. The van der Waals surface area contributed by atoms with E-state index in [0.29, 0.717) is 24.5 Å². The van der Waals surface area contributed by atoms with E-state index in [2.05, 4.69) is 10.2 Å². The Bertz CT molecular complexity index is 460. The molecule has 2 amide bonds. The molecule has 2 bridgehead atoms. The zero-order valence-electron chi connectivity index (χ0n) is 14.5. The van der Waals surface area contributed by atoms with Crippen LogP contribution in [0.1, 0.15) is 46.5 Å². The van der Waals surface area contributed by atoms with Crippen LogP contribution >= 0.6 is 0 Å². The van der Waals surface area contributed by atoms with Gasteiger partial charge in [0.05, 0.1) is 6.54 Å². The molecule has 6 nitrogen and oxygen atoms in total. The van der Waals surface area contributed by atoms with Crippen molar-refractivity contribution in [2.45, 2.75) is 64.1 Å². The van der Waals surface area contributed by atoms with Crippen molar-refractivity contribution in [3.8, 4) is 0 Å². The molecule has 0 spiro atoms. The Kier molecular flexibility index (Phi) is 4.54. The highest BCUT2D eigenvalue weighted by atomic mass is 16.6. The van der Waals surface area contributed by atoms with Crippen molar-refractivity contribution in [3.05, 3.63) is 0 Å². The summed E-state index contributed by atoms with van der Waals surface area (Å²) in [4.78, 5) is 28.2. The van der Waals surface area contributed by atoms with Crippen LogP contribution in [0.5, 0.6) is 0 Å². The van der Waals surface area contributed by atoms with Crippen molar-refractivity contribution in [1.82, 2.24) is 15.1 Å². The molecule has 0 unspecified atom stereocenters. The van der Waals surface area contributed by atoms with E-state index < -0.39 is 5.60 Å². The van der Waals surface area contributed by atoms with Crippen molar-refractivity contribution < 1.29 is 14.3 Å². The molecule has 0 radical (unpaired) electrons. The third kappa shape index (κ3) is 3.97. The SMILES string of the molecule is CC(C)(C)OC(=O)N1[C@H]2CC[C@H]1CC(CN1CCNC(=O)C1)C2. The average molecular weight is 323 g/mol. The highest BCUT2D eigenvalue weighted by molar-refractivity contribution is 5.78. The van der Waals surface area contributed by atoms with Crippen LogP contribution in [0.4, 0.5) is 4.79 Å². The molecule has 130 valence electrons. The zero-order chi connectivity index (χ0) is 16.6. The molecule has 3 aliphatic rings. The molecule has 0 aromatic rings. The summed E-state index contributed by atoms with van der Waals surface area (Å²) < 4.78 is 5.58. The van der Waals surface area contributed by atoms with Gasteiger partial charge >= 0.3 is 6.09 Å². The van der Waals surface area contributed by atoms with Gasteiger partial charge in [-0.2, -0.15) is 0 Å². The molecular weight excluding hydrogens is 294 g/mol. The minimum absolute atomic E-state index is 0.130. The topological polar surface area (TPSA) is 61.9 Å². The van der Waals surface area contributed by atoms with Gasteiger partial charge in [0.25, 0.3) is 0 Å². The lowest BCUT2D eigenvalue weighted by atomic mass is 9.90. The molecule has 0 aromatic carbocycles. The second-order valence-corrected chi connectivity index (χ2v) is 8.20. The number of piperidine rings is 1. The van der Waals surface area contributed by atoms with Gasteiger partial charge < -0.3 is 15.0 Å². The summed E-state index contributed by atoms with van der Waals surface area (Å²) in [7, 11) is 0. The van der Waals surface area contributed by atoms with Gasteiger partial charge in [-0.25, -0.2) is 4.79 Å². The molecule has 0 aliphatic carbocycles. The number of nitrogens with zero attached hydrogens (tertiary/aromatic N) is 2. The molecule has 3 heterocycles. The van der Waals surface area contributed by atoms with E-state index in [0.717, 1.165) is 45.3 Å². The lowest BCUT2D eigenvalue weighted by Gasteiger charge is -2.41. The molecule has 2 atom stereocenters. The Labute approximate surface area is 138 Å². The Morgan fingerprint density at radius 1 is 1.26 bits per heavy atom. The normalized spacial score (nSPS) is 31.9. The first-order chi connectivity index (χ1) is 10.8. The largest absolute Gasteiger partial charge is 0.444 e. The maximum absolute atomic E-state index is 12.5. The van der Waals surface area contributed by atoms with Crippen LogP contribution in [0.15, 0.2) is 0 Å². The van der Waals surface area contributed by atoms with Crippen molar-refractivity contribution >= 4 is 12.0 Å². The first-order valence-corrected chi connectivity index (χ1v) is 8.82. The van der Waals surface area contributed by atoms with Crippen LogP contribution in [0.25, 0.3) is 0 Å². The maximum Gasteiger partial charge on any atom is 0.410 e. The summed E-state index contributed by atoms with van der Waals surface area (Å²) in [6.07, 6.45) is 4.09. The van der Waals surface area contributed by atoms with E-state index in [-0.39, 0.29) is 12.0 Å². The predicted octanol–water partition coefficient (Wildman–Crippen LogP) is 1.60. The van der Waals surface area contributed by atoms with Crippen LogP contribution < -0.4 is 5.32 Å². The molecule has 23 heavy (non-hydrogen) atoms. The number of fused-ring (bicyclic) bond motifs is 2. The first-order valence-electron chi connectivity index (χ1n) is 8.82. The van der Waals surface area contributed by atoms with E-state index in [9.17, 15) is 9.59 Å². The Morgan fingerprint density at radius 3 is 2.48 bits per heavy atom. The maximum atomic E-state index is 12.5. The summed E-state index contributed by atoms with van der Waals surface area (Å²) in [5.74, 6) is 0.711. The molecule has 3 saturated heterocycles. The number of hydrogen-bond donors (Lipinski definition) is 1. The number of piperazine rings is 1. The number of rotatable bonds is 2. The quantitative estimate of drug-likeness (QED) is 0.838. The molecule has 1 N–H and O–H groups in total. The van der Waals surface area contributed by atoms with Crippen LogP contribution in [0, 0.1) is 5.92 Å². The van der Waals surface area contributed by atoms with Crippen molar-refractivity contribution in [1.29, 1.82) is 0 Å². The molecule has 3 fully saturated rings. The Hall–Kier alpha value is -1.30. The van der Waals surface area contributed by atoms with E-state index >= 15 is 0 Å². The highest BCUT2D eigenvalue weighted by Crippen LogP contribution is 2.39. The van der Waals surface area contributed by atoms with E-state index in [1.165, 1.54) is 0 Å². The van der Waals surface area contributed by atoms with E-state index in [1.54, 1.807) is 0 Å². The third-order valence-electron chi connectivity index (χ3n) is 5.07. The smallest absolute Gasteiger partial charge is 0.410 e. The second kappa shape index (κ2) is 6.30. The fourth-order valence-corrected chi connectivity index (χ4v) is 4.26. The average Bonchev–Trinajstić information content (AvgIpc) is 2.69. The number of hydrogen-bond acceptors (Lipinski definition) is 4. The number of nitrogens with one attached hydrogen (secondary N) is 1. The fourth-order valence-electron chi connectivity index (χ4n) is 4.26. The van der Waals surface area contributed by atoms with Gasteiger partial charge in [0.1, 0.15) is 5.60 Å². The van der Waals surface area contributed by atoms with Gasteiger partial charge in [-0.1, -0.05) is 0 Å². The van der Waals surface area contributed by atoms with Crippen molar-refractivity contribution in [3.63, 3.8) is 0 Å². The first kappa shape index (κ1) is 16.6. The number of amides is 2. The fraction of sp³-hybridized carbons (Fsp3) is 0.882. The third-order valence-corrected chi connectivity index (χ3v) is 5.07. The van der Waals surface area contributed by atoms with Gasteiger partial charge in [0, 0.05) is 31.7 Å². The van der Waals surface area contributed by atoms with Crippen LogP contribution in [-0.4, -0.2) is 65.7 Å². The van der Waals surface area contributed by atoms with E-state index in [4.69, 9.17) is 4.74 Å². The van der Waals surface area contributed by atoms with Gasteiger partial charge in [-0.15, -0.1) is 0 Å². The van der Waals surface area contributed by atoms with Crippen LogP contribution in [0.2, 0.25) is 0 Å². The summed E-state index contributed by atoms with van der Waals surface area (Å²) >= 11 is 0. The van der Waals surface area contributed by atoms with Gasteiger partial charge in [0.15, 0.2) is 0 Å². The monoisotopic (exact) mass is 323 g/mol. The minimum Gasteiger partial charge on any atom is -0.444 e. The molecule has 3 aliphatic heterocycles. The van der Waals surface area contributed by atoms with Crippen molar-refractivity contribution in [2.75, 3.05) is 26.2 Å². The number of ether oxygens (including phenoxy) is 1. The summed E-state index contributed by atoms with van der Waals surface area (Å²) in [5.41, 5.74) is -0.436. The highest BCUT2D eigenvalue weighted by Gasteiger charge is 2.45. The van der Waals surface area contributed by atoms with Gasteiger partial charge in [0.2, 0.25) is 5.91 Å². The summed E-state index contributed by atoms with van der Waals surface area (Å²) in [6, 6.07) is 0.624.